The van der Waals surface area contributed by atoms with Gasteiger partial charge in [-0.3, -0.25) is 9.80 Å². The summed E-state index contributed by atoms with van der Waals surface area (Å²) in [5, 5.41) is 12.1. The molecule has 1 aliphatic rings. The van der Waals surface area contributed by atoms with E-state index in [9.17, 15) is 5.11 Å². The maximum absolute atomic E-state index is 10.00. The number of halogens is 1. The van der Waals surface area contributed by atoms with E-state index in [2.05, 4.69) is 63.7 Å². The van der Waals surface area contributed by atoms with Gasteiger partial charge in [-0.1, -0.05) is 18.2 Å². The van der Waals surface area contributed by atoms with Crippen molar-refractivity contribution in [1.29, 1.82) is 0 Å². The number of hydrogen-bond acceptors (Lipinski definition) is 4. The third kappa shape index (κ3) is 4.17. The largest absolute Gasteiger partial charge is 0.508 e. The molecule has 0 unspecified atom stereocenters. The molecule has 1 aliphatic heterocycles. The summed E-state index contributed by atoms with van der Waals surface area (Å²) in [7, 11) is 0. The fraction of sp³-hybridized carbons (Fsp3) is 0.400. The molecule has 3 rings (SSSR count). The summed E-state index contributed by atoms with van der Waals surface area (Å²) < 4.78 is 1.11. The van der Waals surface area contributed by atoms with E-state index in [4.69, 9.17) is 0 Å². The van der Waals surface area contributed by atoms with Gasteiger partial charge in [-0.2, -0.15) is 0 Å². The highest BCUT2D eigenvalue weighted by molar-refractivity contribution is 9.10. The predicted molar refractivity (Wildman–Crippen MR) is 109 cm³/mol. The van der Waals surface area contributed by atoms with Crippen molar-refractivity contribution in [1.82, 2.24) is 9.80 Å². The lowest BCUT2D eigenvalue weighted by atomic mass is 9.98. The van der Waals surface area contributed by atoms with Crippen molar-refractivity contribution in [3.63, 3.8) is 0 Å². The van der Waals surface area contributed by atoms with Crippen LogP contribution in [0.4, 0.5) is 0 Å². The van der Waals surface area contributed by atoms with Gasteiger partial charge in [-0.15, -0.1) is 17.9 Å². The number of phenols is 1. The summed E-state index contributed by atoms with van der Waals surface area (Å²) in [6, 6.07) is 10.9. The van der Waals surface area contributed by atoms with Gasteiger partial charge in [0.15, 0.2) is 0 Å². The first kappa shape index (κ1) is 18.6. The Morgan fingerprint density at radius 3 is 2.76 bits per heavy atom. The van der Waals surface area contributed by atoms with E-state index in [1.54, 1.807) is 17.4 Å². The molecular weight excluding hydrogens is 396 g/mol. The average molecular weight is 421 g/mol. The van der Waals surface area contributed by atoms with Gasteiger partial charge in [-0.25, -0.2) is 0 Å². The van der Waals surface area contributed by atoms with Crippen molar-refractivity contribution in [2.45, 2.75) is 32.0 Å². The zero-order valence-corrected chi connectivity index (χ0v) is 17.1. The highest BCUT2D eigenvalue weighted by Gasteiger charge is 2.35. The van der Waals surface area contributed by atoms with E-state index < -0.39 is 0 Å². The van der Waals surface area contributed by atoms with E-state index in [-0.39, 0.29) is 6.04 Å². The Bertz CT molecular complexity index is 732. The molecule has 0 saturated carbocycles. The third-order valence-electron chi connectivity index (χ3n) is 4.90. The van der Waals surface area contributed by atoms with E-state index in [1.807, 2.05) is 18.2 Å². The lowest BCUT2D eigenvalue weighted by Gasteiger charge is -2.47. The predicted octanol–water partition coefficient (Wildman–Crippen LogP) is 4.89. The highest BCUT2D eigenvalue weighted by atomic mass is 79.9. The molecule has 1 aromatic heterocycles. The Labute approximate surface area is 162 Å². The topological polar surface area (TPSA) is 26.7 Å². The monoisotopic (exact) mass is 420 g/mol. The number of nitrogens with zero attached hydrogens (tertiary/aromatic N) is 2. The fourth-order valence-corrected chi connectivity index (χ4v) is 5.28. The highest BCUT2D eigenvalue weighted by Crippen LogP contribution is 2.38. The Balaban J connectivity index is 1.96. The summed E-state index contributed by atoms with van der Waals surface area (Å²) in [4.78, 5) is 6.35. The first-order chi connectivity index (χ1) is 12.0. The van der Waals surface area contributed by atoms with Gasteiger partial charge in [0.1, 0.15) is 5.75 Å². The molecule has 2 aromatic rings. The van der Waals surface area contributed by atoms with Crippen LogP contribution < -0.4 is 0 Å². The van der Waals surface area contributed by atoms with E-state index in [0.717, 1.165) is 29.7 Å². The lowest BCUT2D eigenvalue weighted by molar-refractivity contribution is 0.0315. The number of rotatable bonds is 5. The van der Waals surface area contributed by atoms with Gasteiger partial charge in [0, 0.05) is 46.4 Å². The molecule has 0 radical (unpaired) electrons. The Morgan fingerprint density at radius 1 is 1.32 bits per heavy atom. The van der Waals surface area contributed by atoms with Gasteiger partial charge in [0.25, 0.3) is 0 Å². The molecule has 1 aromatic carbocycles. The Kier molecular flexibility index (Phi) is 6.00. The molecule has 1 saturated heterocycles. The molecule has 1 N–H and O–H groups in total. The second-order valence-corrected chi connectivity index (χ2v) is 8.66. The summed E-state index contributed by atoms with van der Waals surface area (Å²) >= 11 is 5.36. The minimum atomic E-state index is 0.159. The average Bonchev–Trinajstić information content (AvgIpc) is 2.98. The molecule has 2 heterocycles. The van der Waals surface area contributed by atoms with Crippen molar-refractivity contribution >= 4 is 27.3 Å². The maximum Gasteiger partial charge on any atom is 0.115 e. The standard InChI is InChI=1S/C20H25BrN2OS/c1-4-8-22-11-15(3)23(12-14(22)2)20(19-10-17(21)13-25-19)16-6-5-7-18(24)9-16/h4-7,9-10,13-15,20,24H,1,8,11-12H2,2-3H3/t14-,15+,20+/m1/s1. The second-order valence-electron chi connectivity index (χ2n) is 6.80. The Morgan fingerprint density at radius 2 is 2.12 bits per heavy atom. The molecule has 0 bridgehead atoms. The van der Waals surface area contributed by atoms with Crippen LogP contribution in [0.3, 0.4) is 0 Å². The summed E-state index contributed by atoms with van der Waals surface area (Å²) in [6.45, 7) is 11.4. The van der Waals surface area contributed by atoms with Gasteiger partial charge in [-0.05, 0) is 53.5 Å². The van der Waals surface area contributed by atoms with Crippen molar-refractivity contribution in [2.75, 3.05) is 19.6 Å². The van der Waals surface area contributed by atoms with Crippen molar-refractivity contribution < 1.29 is 5.11 Å². The van der Waals surface area contributed by atoms with Gasteiger partial charge in [0.2, 0.25) is 0 Å². The van der Waals surface area contributed by atoms with Gasteiger partial charge in [0.05, 0.1) is 6.04 Å². The smallest absolute Gasteiger partial charge is 0.115 e. The van der Waals surface area contributed by atoms with Crippen LogP contribution in [0.15, 0.2) is 52.8 Å². The molecule has 1 fully saturated rings. The van der Waals surface area contributed by atoms with E-state index in [1.165, 1.54) is 4.88 Å². The minimum absolute atomic E-state index is 0.159. The zero-order valence-electron chi connectivity index (χ0n) is 14.7. The number of benzene rings is 1. The van der Waals surface area contributed by atoms with Crippen LogP contribution in [-0.4, -0.2) is 46.6 Å². The van der Waals surface area contributed by atoms with Crippen LogP contribution in [0.25, 0.3) is 0 Å². The normalized spacial score (nSPS) is 23.5. The van der Waals surface area contributed by atoms with Gasteiger partial charge < -0.3 is 5.11 Å². The first-order valence-corrected chi connectivity index (χ1v) is 10.3. The van der Waals surface area contributed by atoms with Crippen LogP contribution in [0.5, 0.6) is 5.75 Å². The van der Waals surface area contributed by atoms with Crippen LogP contribution in [-0.2, 0) is 0 Å². The minimum Gasteiger partial charge on any atom is -0.508 e. The molecule has 25 heavy (non-hydrogen) atoms. The summed E-state index contributed by atoms with van der Waals surface area (Å²) in [5.41, 5.74) is 1.14. The summed E-state index contributed by atoms with van der Waals surface area (Å²) in [5.74, 6) is 0.323. The van der Waals surface area contributed by atoms with Crippen LogP contribution in [0, 0.1) is 0 Å². The van der Waals surface area contributed by atoms with Crippen molar-refractivity contribution in [2.24, 2.45) is 0 Å². The molecule has 134 valence electrons. The van der Waals surface area contributed by atoms with Crippen LogP contribution in [0.1, 0.15) is 30.3 Å². The van der Waals surface area contributed by atoms with Gasteiger partial charge >= 0.3 is 0 Å². The van der Waals surface area contributed by atoms with E-state index in [0.29, 0.717) is 17.8 Å². The molecule has 5 heteroatoms. The number of piperazine rings is 1. The lowest BCUT2D eigenvalue weighted by Crippen LogP contribution is -2.57. The first-order valence-electron chi connectivity index (χ1n) is 8.63. The SMILES string of the molecule is C=CCN1C[C@H](C)N([C@@H](c2cccc(O)c2)c2cc(Br)cs2)C[C@H]1C. The van der Waals surface area contributed by atoms with Crippen LogP contribution in [0.2, 0.25) is 0 Å². The molecule has 3 atom stereocenters. The van der Waals surface area contributed by atoms with Crippen molar-refractivity contribution in [3.05, 3.63) is 63.3 Å². The maximum atomic E-state index is 10.00. The Hall–Kier alpha value is -1.14. The van der Waals surface area contributed by atoms with E-state index >= 15 is 0 Å². The zero-order chi connectivity index (χ0) is 18.0. The molecular formula is C20H25BrN2OS. The second kappa shape index (κ2) is 8.04. The molecule has 3 nitrogen and oxygen atoms in total. The fourth-order valence-electron chi connectivity index (χ4n) is 3.69. The quantitative estimate of drug-likeness (QED) is 0.697. The van der Waals surface area contributed by atoms with Crippen LogP contribution >= 0.6 is 27.3 Å². The number of hydrogen-bond donors (Lipinski definition) is 1. The van der Waals surface area contributed by atoms with Crippen molar-refractivity contribution in [3.8, 4) is 5.75 Å². The molecule has 0 spiro atoms. The number of thiophene rings is 1. The third-order valence-corrected chi connectivity index (χ3v) is 6.65. The number of phenolic OH excluding ortho intramolecular Hbond substituents is 1. The molecule has 0 amide bonds. The number of aromatic hydroxyl groups is 1. The molecule has 0 aliphatic carbocycles. The summed E-state index contributed by atoms with van der Waals surface area (Å²) in [6.07, 6.45) is 1.99.